The summed E-state index contributed by atoms with van der Waals surface area (Å²) in [5.74, 6) is 1.31. The van der Waals surface area contributed by atoms with Crippen LogP contribution in [0.5, 0.6) is 5.75 Å². The summed E-state index contributed by atoms with van der Waals surface area (Å²) < 4.78 is 5.39. The van der Waals surface area contributed by atoms with Gasteiger partial charge in [0.15, 0.2) is 0 Å². The van der Waals surface area contributed by atoms with E-state index in [1.807, 2.05) is 12.1 Å². The molecule has 0 saturated heterocycles. The summed E-state index contributed by atoms with van der Waals surface area (Å²) >= 11 is 6.08. The predicted molar refractivity (Wildman–Crippen MR) is 67.4 cm³/mol. The molecule has 84 valence electrons. The van der Waals surface area contributed by atoms with Gasteiger partial charge < -0.3 is 4.74 Å². The fourth-order valence-corrected chi connectivity index (χ4v) is 2.03. The van der Waals surface area contributed by atoms with Gasteiger partial charge in [-0.2, -0.15) is 0 Å². The number of hydrogen-bond donors (Lipinski definition) is 0. The average molecular weight is 236 g/mol. The highest BCUT2D eigenvalue weighted by molar-refractivity contribution is 6.34. The molecule has 0 unspecified atom stereocenters. The average Bonchev–Trinajstić information content (AvgIpc) is 2.27. The monoisotopic (exact) mass is 235 g/mol. The van der Waals surface area contributed by atoms with Gasteiger partial charge in [0.05, 0.1) is 7.11 Å². The molecule has 0 bridgehead atoms. The van der Waals surface area contributed by atoms with Gasteiger partial charge in [0.2, 0.25) is 0 Å². The number of fused-ring (bicyclic) bond motifs is 1. The Kier molecular flexibility index (Phi) is 3.01. The van der Waals surface area contributed by atoms with Crippen molar-refractivity contribution < 1.29 is 4.74 Å². The molecule has 0 spiro atoms. The Bertz CT molecular complexity index is 523. The molecule has 0 N–H and O–H groups in total. The van der Waals surface area contributed by atoms with E-state index in [-0.39, 0.29) is 0 Å². The molecule has 0 radical (unpaired) electrons. The summed E-state index contributed by atoms with van der Waals surface area (Å²) in [7, 11) is 1.69. The van der Waals surface area contributed by atoms with Crippen molar-refractivity contribution in [1.29, 1.82) is 0 Å². The summed E-state index contributed by atoms with van der Waals surface area (Å²) in [4.78, 5) is 4.09. The largest absolute Gasteiger partial charge is 0.496 e. The smallest absolute Gasteiger partial charge is 0.136 e. The second-order valence-electron chi connectivity index (χ2n) is 4.07. The quantitative estimate of drug-likeness (QED) is 0.734. The molecule has 1 heterocycles. The van der Waals surface area contributed by atoms with Crippen molar-refractivity contribution in [3.05, 3.63) is 35.1 Å². The van der Waals surface area contributed by atoms with Gasteiger partial charge >= 0.3 is 0 Å². The first-order valence-electron chi connectivity index (χ1n) is 5.25. The van der Waals surface area contributed by atoms with Crippen molar-refractivity contribution >= 4 is 22.4 Å². The molecule has 1 aromatic carbocycles. The molecule has 0 saturated carbocycles. The zero-order chi connectivity index (χ0) is 11.7. The zero-order valence-electron chi connectivity index (χ0n) is 9.62. The van der Waals surface area contributed by atoms with E-state index in [4.69, 9.17) is 16.3 Å². The molecule has 0 aliphatic carbocycles. The number of hydrogen-bond acceptors (Lipinski definition) is 2. The highest BCUT2D eigenvalue weighted by Gasteiger charge is 2.10. The van der Waals surface area contributed by atoms with Gasteiger partial charge in [-0.25, -0.2) is 4.98 Å². The van der Waals surface area contributed by atoms with Crippen LogP contribution in [0, 0.1) is 0 Å². The molecule has 16 heavy (non-hydrogen) atoms. The fraction of sp³-hybridized carbons (Fsp3) is 0.308. The first-order valence-corrected chi connectivity index (χ1v) is 5.63. The lowest BCUT2D eigenvalue weighted by Crippen LogP contribution is -1.95. The second kappa shape index (κ2) is 4.30. The topological polar surface area (TPSA) is 22.1 Å². The van der Waals surface area contributed by atoms with Crippen LogP contribution in [0.3, 0.4) is 0 Å². The Labute approximate surface area is 100 Å². The van der Waals surface area contributed by atoms with Crippen LogP contribution in [0.25, 0.3) is 10.8 Å². The Morgan fingerprint density at radius 2 is 2.06 bits per heavy atom. The maximum absolute atomic E-state index is 6.08. The maximum Gasteiger partial charge on any atom is 0.136 e. The molecule has 0 fully saturated rings. The van der Waals surface area contributed by atoms with Gasteiger partial charge in [0.25, 0.3) is 0 Å². The first-order chi connectivity index (χ1) is 7.63. The highest BCUT2D eigenvalue weighted by Crippen LogP contribution is 2.33. The molecule has 2 aromatic rings. The van der Waals surface area contributed by atoms with Gasteiger partial charge in [-0.1, -0.05) is 25.4 Å². The van der Waals surface area contributed by atoms with Crippen molar-refractivity contribution in [3.63, 3.8) is 0 Å². The van der Waals surface area contributed by atoms with Crippen LogP contribution in [0.4, 0.5) is 0 Å². The summed E-state index contributed by atoms with van der Waals surface area (Å²) in [5, 5.41) is 2.58. The van der Waals surface area contributed by atoms with Crippen LogP contribution in [0.1, 0.15) is 25.3 Å². The molecular weight excluding hydrogens is 222 g/mol. The lowest BCUT2D eigenvalue weighted by atomic mass is 9.99. The standard InChI is InChI=1S/C13H14ClNO/c1-8(2)10-7-11-9(6-12(10)16-3)4-5-15-13(11)14/h4-8H,1-3H3. The summed E-state index contributed by atoms with van der Waals surface area (Å²) in [6.45, 7) is 4.27. The number of aromatic nitrogens is 1. The first kappa shape index (κ1) is 11.2. The second-order valence-corrected chi connectivity index (χ2v) is 4.43. The zero-order valence-corrected chi connectivity index (χ0v) is 10.4. The Balaban J connectivity index is 2.76. The third-order valence-electron chi connectivity index (χ3n) is 2.69. The van der Waals surface area contributed by atoms with Gasteiger partial charge in [-0.15, -0.1) is 0 Å². The highest BCUT2D eigenvalue weighted by atomic mass is 35.5. The van der Waals surface area contributed by atoms with E-state index in [0.717, 1.165) is 22.1 Å². The number of nitrogens with zero attached hydrogens (tertiary/aromatic N) is 1. The SMILES string of the molecule is COc1cc2ccnc(Cl)c2cc1C(C)C. The van der Waals surface area contributed by atoms with Crippen LogP contribution in [0.2, 0.25) is 5.15 Å². The summed E-state index contributed by atoms with van der Waals surface area (Å²) in [6, 6.07) is 6.01. The van der Waals surface area contributed by atoms with E-state index in [9.17, 15) is 0 Å². The van der Waals surface area contributed by atoms with Crippen molar-refractivity contribution in [1.82, 2.24) is 4.98 Å². The Hall–Kier alpha value is -1.28. The predicted octanol–water partition coefficient (Wildman–Crippen LogP) is 4.02. The van der Waals surface area contributed by atoms with E-state index in [2.05, 4.69) is 24.9 Å². The molecule has 2 nitrogen and oxygen atoms in total. The van der Waals surface area contributed by atoms with E-state index >= 15 is 0 Å². The fourth-order valence-electron chi connectivity index (χ4n) is 1.81. The normalized spacial score (nSPS) is 11.1. The van der Waals surface area contributed by atoms with Crippen molar-refractivity contribution in [3.8, 4) is 5.75 Å². The third kappa shape index (κ3) is 1.85. The molecule has 0 aliphatic rings. The molecular formula is C13H14ClNO. The van der Waals surface area contributed by atoms with Crippen LogP contribution in [-0.2, 0) is 0 Å². The Morgan fingerprint density at radius 3 is 2.69 bits per heavy atom. The molecule has 0 aliphatic heterocycles. The lowest BCUT2D eigenvalue weighted by Gasteiger charge is -2.13. The number of benzene rings is 1. The van der Waals surface area contributed by atoms with Crippen LogP contribution < -0.4 is 4.74 Å². The van der Waals surface area contributed by atoms with Crippen molar-refractivity contribution in [2.24, 2.45) is 0 Å². The minimum Gasteiger partial charge on any atom is -0.496 e. The van der Waals surface area contributed by atoms with Crippen LogP contribution in [-0.4, -0.2) is 12.1 Å². The number of methoxy groups -OCH3 is 1. The van der Waals surface area contributed by atoms with Gasteiger partial charge in [-0.3, -0.25) is 0 Å². The van der Waals surface area contributed by atoms with E-state index < -0.39 is 0 Å². The summed E-state index contributed by atoms with van der Waals surface area (Å²) in [6.07, 6.45) is 1.71. The van der Waals surface area contributed by atoms with Gasteiger partial charge in [0, 0.05) is 11.6 Å². The van der Waals surface area contributed by atoms with Crippen LogP contribution >= 0.6 is 11.6 Å². The van der Waals surface area contributed by atoms with Gasteiger partial charge in [0.1, 0.15) is 10.9 Å². The molecule has 0 amide bonds. The number of halogens is 1. The maximum atomic E-state index is 6.08. The minimum atomic E-state index is 0.399. The van der Waals surface area contributed by atoms with Gasteiger partial charge in [-0.05, 0) is 35.1 Å². The van der Waals surface area contributed by atoms with E-state index in [1.165, 1.54) is 0 Å². The molecule has 2 rings (SSSR count). The third-order valence-corrected chi connectivity index (χ3v) is 2.99. The van der Waals surface area contributed by atoms with Crippen LogP contribution in [0.15, 0.2) is 24.4 Å². The summed E-state index contributed by atoms with van der Waals surface area (Å²) in [5.41, 5.74) is 1.16. The minimum absolute atomic E-state index is 0.399. The molecule has 3 heteroatoms. The molecule has 1 aromatic heterocycles. The van der Waals surface area contributed by atoms with Crippen molar-refractivity contribution in [2.45, 2.75) is 19.8 Å². The van der Waals surface area contributed by atoms with E-state index in [1.54, 1.807) is 13.3 Å². The number of pyridine rings is 1. The van der Waals surface area contributed by atoms with Crippen molar-refractivity contribution in [2.75, 3.05) is 7.11 Å². The lowest BCUT2D eigenvalue weighted by molar-refractivity contribution is 0.408. The number of ether oxygens (including phenoxy) is 1. The number of rotatable bonds is 2. The Morgan fingerprint density at radius 1 is 1.31 bits per heavy atom. The van der Waals surface area contributed by atoms with E-state index in [0.29, 0.717) is 11.1 Å². The molecule has 0 atom stereocenters.